The van der Waals surface area contributed by atoms with Crippen LogP contribution in [0.4, 0.5) is 5.69 Å². The van der Waals surface area contributed by atoms with Gasteiger partial charge in [0.15, 0.2) is 6.61 Å². The molecule has 7 nitrogen and oxygen atoms in total. The van der Waals surface area contributed by atoms with Gasteiger partial charge in [0.1, 0.15) is 5.75 Å². The molecule has 3 heterocycles. The minimum Gasteiger partial charge on any atom is -0.482 e. The quantitative estimate of drug-likeness (QED) is 0.928. The molecule has 1 fully saturated rings. The second-order valence-corrected chi connectivity index (χ2v) is 6.07. The largest absolute Gasteiger partial charge is 0.482 e. The minimum atomic E-state index is -0.204. The van der Waals surface area contributed by atoms with E-state index in [1.54, 1.807) is 24.4 Å². The lowest BCUT2D eigenvalue weighted by Gasteiger charge is -2.25. The lowest BCUT2D eigenvalue weighted by atomic mass is 10.1. The Hall–Kier alpha value is -2.83. The lowest BCUT2D eigenvalue weighted by molar-refractivity contribution is -0.118. The molecule has 0 aliphatic carbocycles. The van der Waals surface area contributed by atoms with Gasteiger partial charge in [0.05, 0.1) is 18.3 Å². The molecule has 0 saturated carbocycles. The van der Waals surface area contributed by atoms with Crippen LogP contribution in [0.25, 0.3) is 0 Å². The number of ether oxygens (including phenoxy) is 1. The molecule has 0 unspecified atom stereocenters. The van der Waals surface area contributed by atoms with E-state index in [-0.39, 0.29) is 24.5 Å². The number of nitrogens with one attached hydrogen (secondary N) is 1. The first-order valence-corrected chi connectivity index (χ1v) is 8.06. The van der Waals surface area contributed by atoms with Crippen LogP contribution in [0.5, 0.6) is 5.75 Å². The maximum atomic E-state index is 12.9. The molecule has 7 heteroatoms. The zero-order valence-electron chi connectivity index (χ0n) is 13.1. The molecule has 24 heavy (non-hydrogen) atoms. The number of aromatic nitrogens is 2. The van der Waals surface area contributed by atoms with Crippen molar-refractivity contribution in [2.45, 2.75) is 25.4 Å². The van der Waals surface area contributed by atoms with Crippen LogP contribution < -0.4 is 10.1 Å². The Bertz CT molecular complexity index is 772. The van der Waals surface area contributed by atoms with E-state index in [4.69, 9.17) is 4.74 Å². The van der Waals surface area contributed by atoms with Crippen molar-refractivity contribution in [1.82, 2.24) is 14.7 Å². The molecule has 2 aliphatic heterocycles. The van der Waals surface area contributed by atoms with Crippen LogP contribution in [-0.2, 0) is 11.3 Å². The SMILES string of the molecule is O=C1COc2ccc(C(=O)N3CCC[C@@H]3Cn3cccn3)cc2N1. The van der Waals surface area contributed by atoms with Gasteiger partial charge in [-0.25, -0.2) is 0 Å². The molecule has 1 aromatic heterocycles. The Labute approximate surface area is 139 Å². The van der Waals surface area contributed by atoms with Gasteiger partial charge in [-0.1, -0.05) is 0 Å². The molecule has 1 atom stereocenters. The van der Waals surface area contributed by atoms with E-state index >= 15 is 0 Å². The fourth-order valence-electron chi connectivity index (χ4n) is 3.30. The first-order valence-electron chi connectivity index (χ1n) is 8.06. The van der Waals surface area contributed by atoms with Crippen molar-refractivity contribution in [3.8, 4) is 5.75 Å². The second kappa shape index (κ2) is 5.99. The smallest absolute Gasteiger partial charge is 0.262 e. The molecule has 1 N–H and O–H groups in total. The molecule has 1 saturated heterocycles. The summed E-state index contributed by atoms with van der Waals surface area (Å²) in [5, 5.41) is 6.97. The molecule has 1 aromatic carbocycles. The molecular formula is C17H18N4O3. The van der Waals surface area contributed by atoms with Crippen LogP contribution in [0.15, 0.2) is 36.7 Å². The molecule has 0 bridgehead atoms. The van der Waals surface area contributed by atoms with E-state index in [1.165, 1.54) is 0 Å². The summed E-state index contributed by atoms with van der Waals surface area (Å²) >= 11 is 0. The summed E-state index contributed by atoms with van der Waals surface area (Å²) in [5.41, 5.74) is 1.12. The number of nitrogens with zero attached hydrogens (tertiary/aromatic N) is 3. The number of carbonyl (C=O) groups is 2. The van der Waals surface area contributed by atoms with Crippen molar-refractivity contribution in [1.29, 1.82) is 0 Å². The molecule has 2 amide bonds. The third-order valence-electron chi connectivity index (χ3n) is 4.45. The predicted octanol–water partition coefficient (Wildman–Crippen LogP) is 1.52. The zero-order valence-corrected chi connectivity index (χ0v) is 13.1. The maximum Gasteiger partial charge on any atom is 0.262 e. The molecule has 2 aliphatic rings. The Balaban J connectivity index is 1.54. The van der Waals surface area contributed by atoms with Crippen molar-refractivity contribution in [3.63, 3.8) is 0 Å². The van der Waals surface area contributed by atoms with Crippen LogP contribution in [0.3, 0.4) is 0 Å². The van der Waals surface area contributed by atoms with Gasteiger partial charge in [-0.05, 0) is 37.1 Å². The predicted molar refractivity (Wildman–Crippen MR) is 86.9 cm³/mol. The highest BCUT2D eigenvalue weighted by Gasteiger charge is 2.30. The number of likely N-dealkylation sites (tertiary alicyclic amines) is 1. The van der Waals surface area contributed by atoms with Crippen LogP contribution >= 0.6 is 0 Å². The molecule has 0 spiro atoms. The van der Waals surface area contributed by atoms with E-state index in [0.717, 1.165) is 19.4 Å². The third-order valence-corrected chi connectivity index (χ3v) is 4.45. The van der Waals surface area contributed by atoms with Gasteiger partial charge in [0, 0.05) is 24.5 Å². The Morgan fingerprint density at radius 1 is 1.42 bits per heavy atom. The number of fused-ring (bicyclic) bond motifs is 1. The van der Waals surface area contributed by atoms with E-state index in [2.05, 4.69) is 10.4 Å². The average Bonchev–Trinajstić information content (AvgIpc) is 3.26. The zero-order chi connectivity index (χ0) is 16.5. The van der Waals surface area contributed by atoms with E-state index in [0.29, 0.717) is 23.5 Å². The maximum absolute atomic E-state index is 12.9. The number of hydrogen-bond donors (Lipinski definition) is 1. The highest BCUT2D eigenvalue weighted by atomic mass is 16.5. The molecular weight excluding hydrogens is 308 g/mol. The summed E-state index contributed by atoms with van der Waals surface area (Å²) in [4.78, 5) is 26.2. The van der Waals surface area contributed by atoms with Gasteiger partial charge >= 0.3 is 0 Å². The van der Waals surface area contributed by atoms with E-state index in [1.807, 2.05) is 21.8 Å². The number of anilines is 1. The van der Waals surface area contributed by atoms with Crippen molar-refractivity contribution < 1.29 is 14.3 Å². The standard InChI is InChI=1S/C17H18N4O3/c22-16-11-24-15-5-4-12(9-14(15)19-16)17(23)21-8-1-3-13(21)10-20-7-2-6-18-20/h2,4-7,9,13H,1,3,8,10-11H2,(H,19,22)/t13-/m1/s1. The first-order chi connectivity index (χ1) is 11.7. The third kappa shape index (κ3) is 2.73. The van der Waals surface area contributed by atoms with Crippen LogP contribution in [0.1, 0.15) is 23.2 Å². The number of hydrogen-bond acceptors (Lipinski definition) is 4. The monoisotopic (exact) mass is 326 g/mol. The van der Waals surface area contributed by atoms with Gasteiger partial charge < -0.3 is 15.0 Å². The van der Waals surface area contributed by atoms with Gasteiger partial charge in [0.2, 0.25) is 0 Å². The fourth-order valence-corrected chi connectivity index (χ4v) is 3.30. The number of rotatable bonds is 3. The second-order valence-electron chi connectivity index (χ2n) is 6.07. The average molecular weight is 326 g/mol. The molecule has 2 aromatic rings. The fraction of sp³-hybridized carbons (Fsp3) is 0.353. The van der Waals surface area contributed by atoms with Crippen molar-refractivity contribution >= 4 is 17.5 Å². The number of benzene rings is 1. The van der Waals surface area contributed by atoms with Crippen LogP contribution in [-0.4, -0.2) is 45.7 Å². The summed E-state index contributed by atoms with van der Waals surface area (Å²) < 4.78 is 7.20. The lowest BCUT2D eigenvalue weighted by Crippen LogP contribution is -2.38. The van der Waals surface area contributed by atoms with Crippen LogP contribution in [0, 0.1) is 0 Å². The number of carbonyl (C=O) groups excluding carboxylic acids is 2. The summed E-state index contributed by atoms with van der Waals surface area (Å²) in [6.07, 6.45) is 5.61. The Kier molecular flexibility index (Phi) is 3.68. The summed E-state index contributed by atoms with van der Waals surface area (Å²) in [6.45, 7) is 1.45. The van der Waals surface area contributed by atoms with Crippen molar-refractivity contribution in [2.75, 3.05) is 18.5 Å². The van der Waals surface area contributed by atoms with Gasteiger partial charge in [0.25, 0.3) is 11.8 Å². The van der Waals surface area contributed by atoms with Crippen LogP contribution in [0.2, 0.25) is 0 Å². The van der Waals surface area contributed by atoms with Gasteiger partial charge in [-0.2, -0.15) is 5.10 Å². The summed E-state index contributed by atoms with van der Waals surface area (Å²) in [5.74, 6) is 0.373. The summed E-state index contributed by atoms with van der Waals surface area (Å²) in [7, 11) is 0. The van der Waals surface area contributed by atoms with Crippen molar-refractivity contribution in [2.24, 2.45) is 0 Å². The van der Waals surface area contributed by atoms with Crippen molar-refractivity contribution in [3.05, 3.63) is 42.2 Å². The highest BCUT2D eigenvalue weighted by molar-refractivity contribution is 6.00. The molecule has 124 valence electrons. The minimum absolute atomic E-state index is 0.0123. The van der Waals surface area contributed by atoms with Gasteiger partial charge in [-0.15, -0.1) is 0 Å². The van der Waals surface area contributed by atoms with Gasteiger partial charge in [-0.3, -0.25) is 14.3 Å². The molecule has 0 radical (unpaired) electrons. The highest BCUT2D eigenvalue weighted by Crippen LogP contribution is 2.30. The van der Waals surface area contributed by atoms with E-state index in [9.17, 15) is 9.59 Å². The Morgan fingerprint density at radius 3 is 3.17 bits per heavy atom. The first kappa shape index (κ1) is 14.7. The normalized spacial score (nSPS) is 19.6. The molecule has 4 rings (SSSR count). The number of amides is 2. The van der Waals surface area contributed by atoms with E-state index < -0.39 is 0 Å². The topological polar surface area (TPSA) is 76.5 Å². The summed E-state index contributed by atoms with van der Waals surface area (Å²) in [6, 6.07) is 7.20. The Morgan fingerprint density at radius 2 is 2.33 bits per heavy atom.